The van der Waals surface area contributed by atoms with Gasteiger partial charge in [-0.05, 0) is 50.8 Å². The molecule has 0 aliphatic rings. The fourth-order valence-corrected chi connectivity index (χ4v) is 5.73. The van der Waals surface area contributed by atoms with E-state index < -0.39 is 0 Å². The molecule has 1 N–H and O–H groups in total. The van der Waals surface area contributed by atoms with Crippen molar-refractivity contribution in [2.75, 3.05) is 0 Å². The Kier molecular flexibility index (Phi) is 12.3. The van der Waals surface area contributed by atoms with Gasteiger partial charge in [0.15, 0.2) is 5.78 Å². The number of ketones is 1. The van der Waals surface area contributed by atoms with E-state index in [1.807, 2.05) is 46.0 Å². The summed E-state index contributed by atoms with van der Waals surface area (Å²) >= 11 is 1.78. The van der Waals surface area contributed by atoms with Crippen molar-refractivity contribution >= 4 is 38.2 Å². The summed E-state index contributed by atoms with van der Waals surface area (Å²) in [6.45, 7) is 14.4. The number of rotatable bonds is 8. The van der Waals surface area contributed by atoms with Crippen molar-refractivity contribution < 1.29 is 30.0 Å². The van der Waals surface area contributed by atoms with Crippen LogP contribution in [0.5, 0.6) is 0 Å². The van der Waals surface area contributed by atoms with Crippen molar-refractivity contribution in [3.63, 3.8) is 0 Å². The normalized spacial score (nSPS) is 11.6. The molecule has 0 fully saturated rings. The third kappa shape index (κ3) is 7.59. The Morgan fingerprint density at radius 1 is 1.03 bits per heavy atom. The smallest absolute Gasteiger partial charge is 0.162 e. The van der Waals surface area contributed by atoms with Gasteiger partial charge in [-0.15, -0.1) is 46.2 Å². The molecule has 205 valence electrons. The first kappa shape index (κ1) is 31.8. The van der Waals surface area contributed by atoms with Gasteiger partial charge in [0.25, 0.3) is 0 Å². The minimum Gasteiger partial charge on any atom is -0.512 e. The maximum absolute atomic E-state index is 11.7. The van der Waals surface area contributed by atoms with Gasteiger partial charge in [-0.1, -0.05) is 41.5 Å². The molecule has 4 nitrogen and oxygen atoms in total. The topological polar surface area (TPSA) is 63.1 Å². The minimum atomic E-state index is 0. The van der Waals surface area contributed by atoms with Gasteiger partial charge in [-0.25, -0.2) is 0 Å². The monoisotopic (exact) mass is 708 g/mol. The van der Waals surface area contributed by atoms with Crippen molar-refractivity contribution in [2.45, 2.75) is 74.1 Å². The molecule has 3 aromatic heterocycles. The van der Waals surface area contributed by atoms with E-state index in [4.69, 9.17) is 4.98 Å². The van der Waals surface area contributed by atoms with E-state index in [1.165, 1.54) is 26.6 Å². The summed E-state index contributed by atoms with van der Waals surface area (Å²) in [5, 5.41) is 10.9. The van der Waals surface area contributed by atoms with Crippen LogP contribution in [-0.2, 0) is 24.9 Å². The van der Waals surface area contributed by atoms with Crippen molar-refractivity contribution in [1.82, 2.24) is 9.97 Å². The molecule has 0 aliphatic carbocycles. The first-order chi connectivity index (χ1) is 17.7. The van der Waals surface area contributed by atoms with Crippen LogP contribution in [-0.4, -0.2) is 20.9 Å². The van der Waals surface area contributed by atoms with E-state index in [1.54, 1.807) is 11.3 Å². The van der Waals surface area contributed by atoms with Crippen LogP contribution >= 0.6 is 11.3 Å². The number of aryl methyl sites for hydroxylation is 3. The third-order valence-electron chi connectivity index (χ3n) is 6.83. The number of allylic oxidation sites excluding steroid dienone is 2. The average Bonchev–Trinajstić information content (AvgIpc) is 3.26. The van der Waals surface area contributed by atoms with Crippen LogP contribution < -0.4 is 0 Å². The molecular weight excluding hydrogens is 669 g/mol. The third-order valence-corrected chi connectivity index (χ3v) is 7.89. The second kappa shape index (κ2) is 14.7. The number of carbonyl (C=O) groups is 1. The van der Waals surface area contributed by atoms with Crippen LogP contribution in [0.4, 0.5) is 0 Å². The maximum Gasteiger partial charge on any atom is 0.162 e. The van der Waals surface area contributed by atoms with Crippen LogP contribution in [0.15, 0.2) is 48.4 Å². The predicted octanol–water partition coefficient (Wildman–Crippen LogP) is 9.10. The number of benzene rings is 1. The molecule has 3 heterocycles. The summed E-state index contributed by atoms with van der Waals surface area (Å²) in [5.41, 5.74) is 6.38. The Hall–Kier alpha value is -2.40. The second-order valence-electron chi connectivity index (χ2n) is 9.68. The molecule has 0 saturated carbocycles. The zero-order valence-electron chi connectivity index (χ0n) is 23.5. The molecule has 0 unspecified atom stereocenters. The fraction of sp³-hybridized carbons (Fsp3) is 0.406. The summed E-state index contributed by atoms with van der Waals surface area (Å²) in [6.07, 6.45) is 6.74. The van der Waals surface area contributed by atoms with E-state index in [9.17, 15) is 9.90 Å². The zero-order valence-corrected chi connectivity index (χ0v) is 26.7. The Balaban J connectivity index is 0.000000282. The number of hydrogen-bond donors (Lipinski definition) is 1. The molecular formula is C32H39IrN2O2S-. The van der Waals surface area contributed by atoms with Crippen LogP contribution in [0.1, 0.15) is 69.4 Å². The Morgan fingerprint density at radius 3 is 2.29 bits per heavy atom. The van der Waals surface area contributed by atoms with Gasteiger partial charge in [0.05, 0.1) is 16.8 Å². The summed E-state index contributed by atoms with van der Waals surface area (Å²) < 4.78 is 1.20. The number of aliphatic hydroxyl groups is 1. The molecule has 1 radical (unpaired) electrons. The summed E-state index contributed by atoms with van der Waals surface area (Å²) in [5.74, 6) is 0.547. The Morgan fingerprint density at radius 2 is 1.68 bits per heavy atom. The van der Waals surface area contributed by atoms with Gasteiger partial charge in [-0.2, -0.15) is 0 Å². The number of fused-ring (bicyclic) bond motifs is 3. The van der Waals surface area contributed by atoms with Gasteiger partial charge in [0, 0.05) is 64.9 Å². The number of aliphatic hydroxyl groups excluding tert-OH is 1. The first-order valence-corrected chi connectivity index (χ1v) is 14.1. The standard InChI is InChI=1S/C19H15N2S.C13H24O2.Ir/c1-11-7-12(2)9-14(8-11)17-19-15(10-13(3)22-19)18-16(21-17)5-4-6-20-18;1-5-10(6-2)12(14)9-13(15)11(7-3)8-4;/h4-8,10H,1-3H3;9-11,14H,5-8H2,1-4H3;/q-1;;/b;12-9-;. The second-order valence-corrected chi connectivity index (χ2v) is 10.9. The maximum atomic E-state index is 11.7. The Bertz CT molecular complexity index is 1380. The van der Waals surface area contributed by atoms with Crippen molar-refractivity contribution in [1.29, 1.82) is 0 Å². The molecule has 0 aliphatic heterocycles. The molecule has 0 saturated heterocycles. The van der Waals surface area contributed by atoms with Gasteiger partial charge in [0.2, 0.25) is 0 Å². The molecule has 0 amide bonds. The quantitative estimate of drug-likeness (QED) is 0.113. The SMILES string of the molecule is CCC(CC)C(=O)/C=C(\O)C(CC)CC.Cc1[c-]c(-c2nc3cccnc3c3cc(C)sc23)cc(C)c1.[Ir]. The molecule has 0 bridgehead atoms. The molecule has 6 heteroatoms. The molecule has 0 atom stereocenters. The Labute approximate surface area is 245 Å². The number of carbonyl (C=O) groups excluding carboxylic acids is 1. The number of hydrogen-bond acceptors (Lipinski definition) is 5. The number of aromatic nitrogens is 2. The minimum absolute atomic E-state index is 0. The van der Waals surface area contributed by atoms with E-state index in [-0.39, 0.29) is 43.5 Å². The molecule has 0 spiro atoms. The first-order valence-electron chi connectivity index (χ1n) is 13.3. The zero-order chi connectivity index (χ0) is 27.1. The van der Waals surface area contributed by atoms with E-state index in [0.29, 0.717) is 0 Å². The van der Waals surface area contributed by atoms with Gasteiger partial charge in [-0.3, -0.25) is 14.8 Å². The summed E-state index contributed by atoms with van der Waals surface area (Å²) in [4.78, 5) is 22.4. The van der Waals surface area contributed by atoms with Gasteiger partial charge < -0.3 is 5.11 Å². The van der Waals surface area contributed by atoms with Gasteiger partial charge in [0.1, 0.15) is 0 Å². The van der Waals surface area contributed by atoms with Crippen LogP contribution in [0.3, 0.4) is 0 Å². The molecule has 4 rings (SSSR count). The van der Waals surface area contributed by atoms with Crippen molar-refractivity contribution in [2.24, 2.45) is 11.8 Å². The van der Waals surface area contributed by atoms with Crippen molar-refractivity contribution in [3.05, 3.63) is 70.4 Å². The van der Waals surface area contributed by atoms with Crippen molar-refractivity contribution in [3.8, 4) is 11.3 Å². The van der Waals surface area contributed by atoms with Crippen LogP contribution in [0, 0.1) is 38.7 Å². The van der Waals surface area contributed by atoms with E-state index in [2.05, 4.69) is 50.0 Å². The number of pyridine rings is 2. The largest absolute Gasteiger partial charge is 0.512 e. The average molecular weight is 708 g/mol. The molecule has 4 aromatic rings. The van der Waals surface area contributed by atoms with Crippen LogP contribution in [0.2, 0.25) is 0 Å². The summed E-state index contributed by atoms with van der Waals surface area (Å²) in [6, 6.07) is 13.9. The summed E-state index contributed by atoms with van der Waals surface area (Å²) in [7, 11) is 0. The molecule has 1 aromatic carbocycles. The van der Waals surface area contributed by atoms with Gasteiger partial charge >= 0.3 is 0 Å². The predicted molar refractivity (Wildman–Crippen MR) is 157 cm³/mol. The number of thiophene rings is 1. The van der Waals surface area contributed by atoms with Crippen LogP contribution in [0.25, 0.3) is 32.4 Å². The fourth-order valence-electron chi connectivity index (χ4n) is 4.72. The number of nitrogens with zero attached hydrogens (tertiary/aromatic N) is 2. The van der Waals surface area contributed by atoms with E-state index in [0.717, 1.165) is 53.5 Å². The molecule has 38 heavy (non-hydrogen) atoms. The van der Waals surface area contributed by atoms with E-state index >= 15 is 0 Å².